The summed E-state index contributed by atoms with van der Waals surface area (Å²) in [5.74, 6) is 0.985. The lowest BCUT2D eigenvalue weighted by Gasteiger charge is -2.03. The van der Waals surface area contributed by atoms with Crippen molar-refractivity contribution in [2.24, 2.45) is 7.05 Å². The quantitative estimate of drug-likeness (QED) is 0.836. The van der Waals surface area contributed by atoms with Crippen LogP contribution in [0.25, 0.3) is 0 Å². The third-order valence-corrected chi connectivity index (χ3v) is 4.57. The summed E-state index contributed by atoms with van der Waals surface area (Å²) < 4.78 is 33.6. The summed E-state index contributed by atoms with van der Waals surface area (Å²) in [5, 5.41) is 10.7. The van der Waals surface area contributed by atoms with Gasteiger partial charge in [0, 0.05) is 13.2 Å². The van der Waals surface area contributed by atoms with E-state index < -0.39 is 10.0 Å². The SMILES string of the molecule is Cc1nc(S(=O)(=O)Nc2nnc(C3CCCN3)o2)cn1C. The number of nitrogens with one attached hydrogen (secondary N) is 2. The molecule has 0 spiro atoms. The van der Waals surface area contributed by atoms with Gasteiger partial charge in [0.15, 0.2) is 5.03 Å². The van der Waals surface area contributed by atoms with Crippen LogP contribution in [0, 0.1) is 6.92 Å². The van der Waals surface area contributed by atoms with Gasteiger partial charge in [0.2, 0.25) is 5.89 Å². The average Bonchev–Trinajstić information content (AvgIpc) is 3.11. The smallest absolute Gasteiger partial charge is 0.329 e. The molecule has 9 nitrogen and oxygen atoms in total. The molecule has 0 aliphatic carbocycles. The van der Waals surface area contributed by atoms with E-state index in [9.17, 15) is 8.42 Å². The Hall–Kier alpha value is -1.94. The van der Waals surface area contributed by atoms with Gasteiger partial charge in [0.05, 0.1) is 6.04 Å². The van der Waals surface area contributed by atoms with Crippen molar-refractivity contribution in [2.75, 3.05) is 11.3 Å². The fourth-order valence-electron chi connectivity index (χ4n) is 2.13. The maximum absolute atomic E-state index is 12.2. The molecule has 1 aliphatic heterocycles. The van der Waals surface area contributed by atoms with Gasteiger partial charge in [-0.05, 0) is 26.3 Å². The molecule has 1 fully saturated rings. The molecule has 114 valence electrons. The second-order valence-electron chi connectivity index (χ2n) is 4.94. The highest BCUT2D eigenvalue weighted by Crippen LogP contribution is 2.23. The molecular formula is C11H16N6O3S. The fraction of sp³-hybridized carbons (Fsp3) is 0.545. The van der Waals surface area contributed by atoms with E-state index in [0.29, 0.717) is 11.7 Å². The van der Waals surface area contributed by atoms with Gasteiger partial charge in [-0.3, -0.25) is 0 Å². The van der Waals surface area contributed by atoms with Crippen molar-refractivity contribution in [3.8, 4) is 0 Å². The highest BCUT2D eigenvalue weighted by molar-refractivity contribution is 7.92. The number of aryl methyl sites for hydroxylation is 2. The molecule has 3 rings (SSSR count). The number of aromatic nitrogens is 4. The molecule has 10 heteroatoms. The van der Waals surface area contributed by atoms with E-state index in [0.717, 1.165) is 19.4 Å². The molecule has 1 unspecified atom stereocenters. The van der Waals surface area contributed by atoms with Crippen molar-refractivity contribution in [3.63, 3.8) is 0 Å². The van der Waals surface area contributed by atoms with Gasteiger partial charge >= 0.3 is 6.01 Å². The maximum atomic E-state index is 12.2. The summed E-state index contributed by atoms with van der Waals surface area (Å²) in [6.45, 7) is 2.61. The van der Waals surface area contributed by atoms with Gasteiger partial charge in [-0.15, -0.1) is 5.10 Å². The second kappa shape index (κ2) is 5.11. The van der Waals surface area contributed by atoms with E-state index in [1.807, 2.05) is 0 Å². The van der Waals surface area contributed by atoms with Gasteiger partial charge in [0.1, 0.15) is 5.82 Å². The first-order chi connectivity index (χ1) is 9.95. The summed E-state index contributed by atoms with van der Waals surface area (Å²) in [4.78, 5) is 3.97. The second-order valence-corrected chi connectivity index (χ2v) is 6.57. The van der Waals surface area contributed by atoms with Crippen LogP contribution < -0.4 is 10.0 Å². The topological polar surface area (TPSA) is 115 Å². The van der Waals surface area contributed by atoms with Crippen LogP contribution in [-0.2, 0) is 17.1 Å². The van der Waals surface area contributed by atoms with Gasteiger partial charge < -0.3 is 14.3 Å². The van der Waals surface area contributed by atoms with Crippen molar-refractivity contribution in [1.29, 1.82) is 0 Å². The molecule has 2 N–H and O–H groups in total. The van der Waals surface area contributed by atoms with E-state index >= 15 is 0 Å². The van der Waals surface area contributed by atoms with Crippen LogP contribution in [0.15, 0.2) is 15.6 Å². The monoisotopic (exact) mass is 312 g/mol. The lowest BCUT2D eigenvalue weighted by Crippen LogP contribution is -2.14. The molecule has 0 saturated carbocycles. The molecule has 0 amide bonds. The molecule has 2 aromatic heterocycles. The molecule has 2 aromatic rings. The van der Waals surface area contributed by atoms with E-state index in [2.05, 4.69) is 25.2 Å². The molecule has 0 radical (unpaired) electrons. The summed E-state index contributed by atoms with van der Waals surface area (Å²) in [7, 11) is -2.10. The van der Waals surface area contributed by atoms with Crippen molar-refractivity contribution in [2.45, 2.75) is 30.8 Å². The van der Waals surface area contributed by atoms with Gasteiger partial charge in [-0.25, -0.2) is 9.71 Å². The van der Waals surface area contributed by atoms with Gasteiger partial charge in [0.25, 0.3) is 10.0 Å². The van der Waals surface area contributed by atoms with Crippen molar-refractivity contribution in [1.82, 2.24) is 25.1 Å². The van der Waals surface area contributed by atoms with Crippen molar-refractivity contribution >= 4 is 16.0 Å². The Morgan fingerprint density at radius 3 is 2.90 bits per heavy atom. The highest BCUT2D eigenvalue weighted by atomic mass is 32.2. The number of hydrogen-bond donors (Lipinski definition) is 2. The Kier molecular flexibility index (Phi) is 3.41. The minimum atomic E-state index is -3.82. The first kappa shape index (κ1) is 14.0. The lowest BCUT2D eigenvalue weighted by molar-refractivity contribution is 0.439. The van der Waals surface area contributed by atoms with Crippen LogP contribution in [0.3, 0.4) is 0 Å². The van der Waals surface area contributed by atoms with Crippen molar-refractivity contribution < 1.29 is 12.8 Å². The van der Waals surface area contributed by atoms with Crippen LogP contribution >= 0.6 is 0 Å². The number of nitrogens with zero attached hydrogens (tertiary/aromatic N) is 4. The third-order valence-electron chi connectivity index (χ3n) is 3.38. The largest absolute Gasteiger partial charge is 0.406 e. The Morgan fingerprint density at radius 2 is 2.29 bits per heavy atom. The molecular weight excluding hydrogens is 296 g/mol. The molecule has 0 aromatic carbocycles. The zero-order valence-corrected chi connectivity index (χ0v) is 12.5. The van der Waals surface area contributed by atoms with E-state index in [-0.39, 0.29) is 17.1 Å². The summed E-state index contributed by atoms with van der Waals surface area (Å²) in [6, 6.07) is -0.158. The van der Waals surface area contributed by atoms with E-state index in [4.69, 9.17) is 4.42 Å². The number of hydrogen-bond acceptors (Lipinski definition) is 7. The molecule has 1 aliphatic rings. The van der Waals surface area contributed by atoms with Crippen LogP contribution in [0.5, 0.6) is 0 Å². The van der Waals surface area contributed by atoms with Gasteiger partial charge in [-0.1, -0.05) is 5.10 Å². The minimum absolute atomic E-state index is 0.00662. The predicted molar refractivity (Wildman–Crippen MR) is 73.0 cm³/mol. The zero-order chi connectivity index (χ0) is 15.0. The van der Waals surface area contributed by atoms with E-state index in [1.54, 1.807) is 18.5 Å². The van der Waals surface area contributed by atoms with Gasteiger partial charge in [-0.2, -0.15) is 8.42 Å². The Balaban J connectivity index is 1.79. The van der Waals surface area contributed by atoms with Crippen LogP contribution in [0.1, 0.15) is 30.6 Å². The average molecular weight is 312 g/mol. The molecule has 21 heavy (non-hydrogen) atoms. The number of anilines is 1. The molecule has 1 atom stereocenters. The maximum Gasteiger partial charge on any atom is 0.329 e. The predicted octanol–water partition coefficient (Wildman–Crippen LogP) is 0.337. The normalized spacial score (nSPS) is 19.0. The molecule has 0 bridgehead atoms. The first-order valence-electron chi connectivity index (χ1n) is 6.55. The first-order valence-corrected chi connectivity index (χ1v) is 8.03. The van der Waals surface area contributed by atoms with Crippen LogP contribution in [0.2, 0.25) is 0 Å². The van der Waals surface area contributed by atoms with E-state index in [1.165, 1.54) is 6.20 Å². The number of imidazole rings is 1. The summed E-state index contributed by atoms with van der Waals surface area (Å²) in [6.07, 6.45) is 3.35. The Bertz CT molecular complexity index is 724. The summed E-state index contributed by atoms with van der Waals surface area (Å²) in [5.41, 5.74) is 0. The summed E-state index contributed by atoms with van der Waals surface area (Å²) >= 11 is 0. The van der Waals surface area contributed by atoms with Crippen LogP contribution in [-0.4, -0.2) is 34.7 Å². The number of sulfonamides is 1. The highest BCUT2D eigenvalue weighted by Gasteiger charge is 2.25. The molecule has 3 heterocycles. The lowest BCUT2D eigenvalue weighted by atomic mass is 10.2. The Morgan fingerprint density at radius 1 is 1.48 bits per heavy atom. The number of rotatable bonds is 4. The minimum Gasteiger partial charge on any atom is -0.406 e. The molecule has 1 saturated heterocycles. The fourth-order valence-corrected chi connectivity index (χ4v) is 3.10. The zero-order valence-electron chi connectivity index (χ0n) is 11.7. The van der Waals surface area contributed by atoms with Crippen molar-refractivity contribution in [3.05, 3.63) is 17.9 Å². The Labute approximate surface area is 121 Å². The standard InChI is InChI=1S/C11H16N6O3S/c1-7-13-9(6-17(7)2)21(18,19)16-11-15-14-10(20-11)8-4-3-5-12-8/h6,8,12H,3-5H2,1-2H3,(H,15,16). The van der Waals surface area contributed by atoms with Crippen LogP contribution in [0.4, 0.5) is 6.01 Å². The third kappa shape index (κ3) is 2.76.